The van der Waals surface area contributed by atoms with Gasteiger partial charge in [-0.15, -0.1) is 0 Å². The van der Waals surface area contributed by atoms with Crippen LogP contribution >= 0.6 is 0 Å². The van der Waals surface area contributed by atoms with Crippen molar-refractivity contribution in [3.8, 4) is 0 Å². The van der Waals surface area contributed by atoms with Crippen LogP contribution in [0.5, 0.6) is 0 Å². The molecule has 2 aliphatic rings. The monoisotopic (exact) mass is 238 g/mol. The van der Waals surface area contributed by atoms with E-state index in [-0.39, 0.29) is 11.7 Å². The first kappa shape index (κ1) is 12.9. The van der Waals surface area contributed by atoms with Crippen LogP contribution in [0.15, 0.2) is 0 Å². The fourth-order valence-corrected chi connectivity index (χ4v) is 3.24. The van der Waals surface area contributed by atoms with E-state index in [1.54, 1.807) is 0 Å². The summed E-state index contributed by atoms with van der Waals surface area (Å²) in [7, 11) is 0. The Kier molecular flexibility index (Phi) is 3.76. The molecule has 0 spiro atoms. The van der Waals surface area contributed by atoms with Crippen molar-refractivity contribution < 1.29 is 4.79 Å². The van der Waals surface area contributed by atoms with Gasteiger partial charge in [-0.3, -0.25) is 10.1 Å². The molecule has 0 aromatic rings. The number of amides is 1. The molecule has 3 heteroatoms. The Balaban J connectivity index is 1.98. The Bertz CT molecular complexity index is 286. The minimum Gasteiger partial charge on any atom is -0.326 e. The Morgan fingerprint density at radius 3 is 2.53 bits per heavy atom. The van der Waals surface area contributed by atoms with Gasteiger partial charge in [0.1, 0.15) is 0 Å². The topological polar surface area (TPSA) is 32.3 Å². The Labute approximate surface area is 105 Å². The van der Waals surface area contributed by atoms with Gasteiger partial charge >= 0.3 is 0 Å². The molecule has 0 aromatic heterocycles. The molecule has 1 aliphatic heterocycles. The molecule has 1 N–H and O–H groups in total. The molecule has 1 saturated carbocycles. The molecule has 0 bridgehead atoms. The first-order valence-electron chi connectivity index (χ1n) is 7.15. The third kappa shape index (κ3) is 2.49. The summed E-state index contributed by atoms with van der Waals surface area (Å²) < 4.78 is 0. The summed E-state index contributed by atoms with van der Waals surface area (Å²) in [5.74, 6) is 1.04. The number of nitrogens with zero attached hydrogens (tertiary/aromatic N) is 1. The molecule has 0 aromatic carbocycles. The Morgan fingerprint density at radius 2 is 2.00 bits per heavy atom. The van der Waals surface area contributed by atoms with Gasteiger partial charge in [0.2, 0.25) is 5.91 Å². The molecule has 2 atom stereocenters. The summed E-state index contributed by atoms with van der Waals surface area (Å²) in [5, 5.41) is 3.45. The number of carbonyl (C=O) groups is 1. The van der Waals surface area contributed by atoms with Crippen LogP contribution in [-0.4, -0.2) is 29.1 Å². The minimum atomic E-state index is -0.325. The average molecular weight is 238 g/mol. The zero-order valence-electron chi connectivity index (χ0n) is 11.5. The Hall–Kier alpha value is -0.570. The van der Waals surface area contributed by atoms with Crippen LogP contribution in [0, 0.1) is 5.92 Å². The van der Waals surface area contributed by atoms with E-state index in [9.17, 15) is 4.79 Å². The highest BCUT2D eigenvalue weighted by atomic mass is 16.2. The van der Waals surface area contributed by atoms with E-state index < -0.39 is 0 Å². The number of nitrogens with one attached hydrogen (secondary N) is 1. The smallest absolute Gasteiger partial charge is 0.243 e. The fraction of sp³-hybridized carbons (Fsp3) is 0.929. The standard InChI is InChI=1S/C14H26N2O/c1-4-14(3)13(17)16(11(2)15-14)10-12-8-6-5-7-9-12/h11-12,15H,4-10H2,1-3H3. The summed E-state index contributed by atoms with van der Waals surface area (Å²) in [6, 6.07) is 0. The molecule has 3 nitrogen and oxygen atoms in total. The summed E-state index contributed by atoms with van der Waals surface area (Å²) in [6.45, 7) is 7.19. The van der Waals surface area contributed by atoms with Crippen LogP contribution in [-0.2, 0) is 4.79 Å². The summed E-state index contributed by atoms with van der Waals surface area (Å²) in [4.78, 5) is 14.5. The van der Waals surface area contributed by atoms with Gasteiger partial charge in [0.25, 0.3) is 0 Å². The first-order chi connectivity index (χ1) is 8.07. The largest absolute Gasteiger partial charge is 0.326 e. The molecular weight excluding hydrogens is 212 g/mol. The third-order valence-electron chi connectivity index (χ3n) is 4.61. The van der Waals surface area contributed by atoms with Crippen LogP contribution in [0.1, 0.15) is 59.3 Å². The lowest BCUT2D eigenvalue weighted by Crippen LogP contribution is -2.43. The minimum absolute atomic E-state index is 0.203. The highest BCUT2D eigenvalue weighted by Crippen LogP contribution is 2.29. The molecule has 17 heavy (non-hydrogen) atoms. The second-order valence-corrected chi connectivity index (χ2v) is 5.97. The molecule has 1 saturated heterocycles. The maximum atomic E-state index is 12.4. The van der Waals surface area contributed by atoms with Crippen LogP contribution in [0.4, 0.5) is 0 Å². The number of hydrogen-bond donors (Lipinski definition) is 1. The van der Waals surface area contributed by atoms with E-state index in [1.165, 1.54) is 32.1 Å². The van der Waals surface area contributed by atoms with Crippen molar-refractivity contribution in [1.29, 1.82) is 0 Å². The second kappa shape index (κ2) is 4.97. The fourth-order valence-electron chi connectivity index (χ4n) is 3.24. The summed E-state index contributed by atoms with van der Waals surface area (Å²) in [5.41, 5.74) is -0.325. The third-order valence-corrected chi connectivity index (χ3v) is 4.61. The summed E-state index contributed by atoms with van der Waals surface area (Å²) >= 11 is 0. The average Bonchev–Trinajstić information content (AvgIpc) is 2.55. The zero-order valence-corrected chi connectivity index (χ0v) is 11.5. The van der Waals surface area contributed by atoms with Crippen LogP contribution < -0.4 is 5.32 Å². The number of hydrogen-bond acceptors (Lipinski definition) is 2. The molecule has 1 aliphatic carbocycles. The molecule has 2 unspecified atom stereocenters. The van der Waals surface area contributed by atoms with Crippen LogP contribution in [0.2, 0.25) is 0 Å². The van der Waals surface area contributed by atoms with Crippen molar-refractivity contribution in [2.24, 2.45) is 5.92 Å². The van der Waals surface area contributed by atoms with Gasteiger partial charge in [0.05, 0.1) is 11.7 Å². The lowest BCUT2D eigenvalue weighted by molar-refractivity contribution is -0.133. The van der Waals surface area contributed by atoms with E-state index >= 15 is 0 Å². The molecule has 1 heterocycles. The van der Waals surface area contributed by atoms with Crippen molar-refractivity contribution >= 4 is 5.91 Å². The molecule has 2 fully saturated rings. The molecule has 1 amide bonds. The van der Waals surface area contributed by atoms with Crippen molar-refractivity contribution in [3.63, 3.8) is 0 Å². The lowest BCUT2D eigenvalue weighted by atomic mass is 9.88. The van der Waals surface area contributed by atoms with Crippen LogP contribution in [0.25, 0.3) is 0 Å². The van der Waals surface area contributed by atoms with E-state index in [2.05, 4.69) is 24.1 Å². The predicted octanol–water partition coefficient (Wildman–Crippen LogP) is 2.51. The normalized spacial score (nSPS) is 35.6. The summed E-state index contributed by atoms with van der Waals surface area (Å²) in [6.07, 6.45) is 7.76. The molecule has 2 rings (SSSR count). The SMILES string of the molecule is CCC1(C)NC(C)N(CC2CCCCC2)C1=O. The first-order valence-corrected chi connectivity index (χ1v) is 7.15. The van der Waals surface area contributed by atoms with Gasteiger partial charge in [-0.1, -0.05) is 26.2 Å². The van der Waals surface area contributed by atoms with Gasteiger partial charge in [-0.05, 0) is 39.0 Å². The molecule has 98 valence electrons. The number of rotatable bonds is 3. The Morgan fingerprint density at radius 1 is 1.35 bits per heavy atom. The van der Waals surface area contributed by atoms with Crippen molar-refractivity contribution in [3.05, 3.63) is 0 Å². The van der Waals surface area contributed by atoms with Gasteiger partial charge < -0.3 is 4.90 Å². The van der Waals surface area contributed by atoms with E-state index in [1.807, 2.05) is 6.92 Å². The highest BCUT2D eigenvalue weighted by Gasteiger charge is 2.45. The maximum absolute atomic E-state index is 12.4. The van der Waals surface area contributed by atoms with Gasteiger partial charge in [-0.2, -0.15) is 0 Å². The lowest BCUT2D eigenvalue weighted by Gasteiger charge is -2.29. The molecular formula is C14H26N2O. The van der Waals surface area contributed by atoms with E-state index in [0.29, 0.717) is 5.91 Å². The van der Waals surface area contributed by atoms with Gasteiger partial charge in [-0.25, -0.2) is 0 Å². The van der Waals surface area contributed by atoms with Gasteiger partial charge in [0, 0.05) is 6.54 Å². The molecule has 0 radical (unpaired) electrons. The van der Waals surface area contributed by atoms with E-state index in [4.69, 9.17) is 0 Å². The zero-order chi connectivity index (χ0) is 12.5. The maximum Gasteiger partial charge on any atom is 0.243 e. The predicted molar refractivity (Wildman–Crippen MR) is 69.6 cm³/mol. The van der Waals surface area contributed by atoms with Gasteiger partial charge in [0.15, 0.2) is 0 Å². The van der Waals surface area contributed by atoms with Crippen molar-refractivity contribution in [2.45, 2.75) is 71.0 Å². The quantitative estimate of drug-likeness (QED) is 0.819. The van der Waals surface area contributed by atoms with Crippen molar-refractivity contribution in [2.75, 3.05) is 6.54 Å². The second-order valence-electron chi connectivity index (χ2n) is 5.97. The van der Waals surface area contributed by atoms with E-state index in [0.717, 1.165) is 18.9 Å². The van der Waals surface area contributed by atoms with Crippen molar-refractivity contribution in [1.82, 2.24) is 10.2 Å². The highest BCUT2D eigenvalue weighted by molar-refractivity contribution is 5.88. The number of carbonyl (C=O) groups excluding carboxylic acids is 1. The van der Waals surface area contributed by atoms with Crippen LogP contribution in [0.3, 0.4) is 0 Å².